The number of benzene rings is 2. The van der Waals surface area contributed by atoms with Crippen LogP contribution in [0.5, 0.6) is 0 Å². The Hall–Kier alpha value is -3.49. The molecule has 3 heterocycles. The molecule has 0 radical (unpaired) electrons. The maximum atomic E-state index is 13.4. The number of fused-ring (bicyclic) bond motifs is 1. The summed E-state index contributed by atoms with van der Waals surface area (Å²) in [4.78, 5) is 32.8. The first-order valence-corrected chi connectivity index (χ1v) is 15.5. The fraction of sp³-hybridized carbons (Fsp3) is 0.455. The van der Waals surface area contributed by atoms with E-state index in [0.717, 1.165) is 38.0 Å². The van der Waals surface area contributed by atoms with Gasteiger partial charge >= 0.3 is 0 Å². The number of halogens is 1. The summed E-state index contributed by atoms with van der Waals surface area (Å²) in [5, 5.41) is 8.79. The maximum absolute atomic E-state index is 13.4. The van der Waals surface area contributed by atoms with Crippen molar-refractivity contribution in [1.29, 1.82) is 0 Å². The Morgan fingerprint density at radius 3 is 2.57 bits per heavy atom. The van der Waals surface area contributed by atoms with Crippen molar-refractivity contribution < 1.29 is 9.21 Å². The number of nitrogens with zero attached hydrogens (tertiary/aromatic N) is 4. The van der Waals surface area contributed by atoms with E-state index in [-0.39, 0.29) is 28.6 Å². The van der Waals surface area contributed by atoms with Crippen LogP contribution < -0.4 is 10.7 Å². The van der Waals surface area contributed by atoms with Gasteiger partial charge in [-0.3, -0.25) is 14.3 Å². The SMILES string of the molecule is O=C(N[C@H](Cc1ccc(Cl)cc1)CN1CCC(Cn2cncn2)(C2CCCCC2)CC1)c1cc(=O)c2ccccc2o1. The number of hydrogen-bond donors (Lipinski definition) is 1. The Balaban J connectivity index is 1.18. The van der Waals surface area contributed by atoms with Gasteiger partial charge in [0, 0.05) is 30.2 Å². The van der Waals surface area contributed by atoms with Crippen LogP contribution in [0.4, 0.5) is 0 Å². The third-order valence-electron chi connectivity index (χ3n) is 9.33. The average Bonchev–Trinajstić information content (AvgIpc) is 3.52. The first kappa shape index (κ1) is 28.6. The molecule has 0 bridgehead atoms. The molecule has 1 saturated heterocycles. The van der Waals surface area contributed by atoms with E-state index in [1.165, 1.54) is 38.2 Å². The van der Waals surface area contributed by atoms with Crippen molar-refractivity contribution in [1.82, 2.24) is 25.0 Å². The molecule has 4 aromatic rings. The molecule has 2 fully saturated rings. The van der Waals surface area contributed by atoms with Crippen LogP contribution in [-0.2, 0) is 13.0 Å². The lowest BCUT2D eigenvalue weighted by molar-refractivity contribution is 0.00880. The highest BCUT2D eigenvalue weighted by Gasteiger charge is 2.42. The number of hydrogen-bond acceptors (Lipinski definition) is 6. The van der Waals surface area contributed by atoms with E-state index < -0.39 is 0 Å². The van der Waals surface area contributed by atoms with Crippen molar-refractivity contribution in [2.24, 2.45) is 11.3 Å². The number of carbonyl (C=O) groups is 1. The minimum atomic E-state index is -0.378. The summed E-state index contributed by atoms with van der Waals surface area (Å²) in [7, 11) is 0. The van der Waals surface area contributed by atoms with Crippen LogP contribution >= 0.6 is 11.6 Å². The number of rotatable bonds is 9. The number of piperidine rings is 1. The van der Waals surface area contributed by atoms with E-state index in [1.54, 1.807) is 30.6 Å². The van der Waals surface area contributed by atoms with Crippen LogP contribution in [0.25, 0.3) is 11.0 Å². The highest BCUT2D eigenvalue weighted by Crippen LogP contribution is 2.47. The van der Waals surface area contributed by atoms with Gasteiger partial charge < -0.3 is 14.6 Å². The summed E-state index contributed by atoms with van der Waals surface area (Å²) in [5.41, 5.74) is 1.49. The van der Waals surface area contributed by atoms with E-state index in [9.17, 15) is 9.59 Å². The molecule has 42 heavy (non-hydrogen) atoms. The zero-order valence-electron chi connectivity index (χ0n) is 23.9. The molecule has 2 aliphatic rings. The van der Waals surface area contributed by atoms with Crippen molar-refractivity contribution in [3.05, 3.63) is 93.8 Å². The summed E-state index contributed by atoms with van der Waals surface area (Å²) in [6.07, 6.45) is 12.9. The van der Waals surface area contributed by atoms with Crippen molar-refractivity contribution in [3.63, 3.8) is 0 Å². The Labute approximate surface area is 251 Å². The molecule has 1 aliphatic heterocycles. The van der Waals surface area contributed by atoms with E-state index in [2.05, 4.69) is 20.3 Å². The van der Waals surface area contributed by atoms with E-state index in [0.29, 0.717) is 34.9 Å². The van der Waals surface area contributed by atoms with E-state index in [4.69, 9.17) is 16.0 Å². The van der Waals surface area contributed by atoms with Crippen molar-refractivity contribution in [2.75, 3.05) is 19.6 Å². The van der Waals surface area contributed by atoms with Gasteiger partial charge in [-0.1, -0.05) is 55.1 Å². The molecule has 9 heteroatoms. The molecule has 1 amide bonds. The number of amides is 1. The zero-order valence-corrected chi connectivity index (χ0v) is 24.6. The molecule has 220 valence electrons. The molecular formula is C33H38ClN5O3. The number of aromatic nitrogens is 3. The van der Waals surface area contributed by atoms with Gasteiger partial charge in [-0.2, -0.15) is 5.10 Å². The Kier molecular flexibility index (Phi) is 8.72. The molecule has 2 aromatic carbocycles. The summed E-state index contributed by atoms with van der Waals surface area (Å²) in [5.74, 6) is 0.358. The van der Waals surface area contributed by atoms with Crippen LogP contribution in [-0.4, -0.2) is 51.2 Å². The standard InChI is InChI=1S/C33H38ClN5O3/c34-26-12-10-24(11-13-26)18-27(37-32(41)31-19-29(40)28-8-4-5-9-30(28)42-31)20-38-16-14-33(15-17-38,21-39-23-35-22-36-39)25-6-2-1-3-7-25/h4-5,8-13,19,22-23,25,27H,1-3,6-7,14-18,20-21H2,(H,37,41)/t27-/m1/s1. The number of carbonyl (C=O) groups excluding carboxylic acids is 1. The molecule has 2 aromatic heterocycles. The fourth-order valence-corrected chi connectivity index (χ4v) is 7.20. The smallest absolute Gasteiger partial charge is 0.287 e. The van der Waals surface area contributed by atoms with Gasteiger partial charge in [-0.05, 0) is 86.4 Å². The molecule has 1 N–H and O–H groups in total. The lowest BCUT2D eigenvalue weighted by Gasteiger charge is -2.48. The van der Waals surface area contributed by atoms with Crippen LogP contribution in [0.1, 0.15) is 61.1 Å². The maximum Gasteiger partial charge on any atom is 0.287 e. The number of para-hydroxylation sites is 1. The van der Waals surface area contributed by atoms with Crippen molar-refractivity contribution >= 4 is 28.5 Å². The highest BCUT2D eigenvalue weighted by atomic mass is 35.5. The third-order valence-corrected chi connectivity index (χ3v) is 9.59. The second-order valence-corrected chi connectivity index (χ2v) is 12.5. The molecule has 1 saturated carbocycles. The van der Waals surface area contributed by atoms with Gasteiger partial charge in [0.2, 0.25) is 0 Å². The first-order valence-electron chi connectivity index (χ1n) is 15.1. The van der Waals surface area contributed by atoms with Gasteiger partial charge in [0.15, 0.2) is 11.2 Å². The second-order valence-electron chi connectivity index (χ2n) is 12.1. The van der Waals surface area contributed by atoms with Crippen molar-refractivity contribution in [3.8, 4) is 0 Å². The minimum Gasteiger partial charge on any atom is -0.451 e. The molecule has 8 nitrogen and oxygen atoms in total. The summed E-state index contributed by atoms with van der Waals surface area (Å²) in [6, 6.07) is 15.9. The number of likely N-dealkylation sites (tertiary alicyclic amines) is 1. The minimum absolute atomic E-state index is 0.0302. The van der Waals surface area contributed by atoms with E-state index in [1.807, 2.05) is 35.3 Å². The van der Waals surface area contributed by atoms with E-state index >= 15 is 0 Å². The molecule has 0 unspecified atom stereocenters. The lowest BCUT2D eigenvalue weighted by Crippen LogP contribution is -2.51. The first-order chi connectivity index (χ1) is 20.5. The van der Waals surface area contributed by atoms with Gasteiger partial charge in [0.05, 0.1) is 5.39 Å². The van der Waals surface area contributed by atoms with Crippen LogP contribution in [0.3, 0.4) is 0 Å². The molecule has 6 rings (SSSR count). The second kappa shape index (κ2) is 12.8. The lowest BCUT2D eigenvalue weighted by atomic mass is 9.63. The third kappa shape index (κ3) is 6.60. The zero-order chi connectivity index (χ0) is 28.9. The van der Waals surface area contributed by atoms with Crippen LogP contribution in [0.2, 0.25) is 5.02 Å². The van der Waals surface area contributed by atoms with Gasteiger partial charge in [0.1, 0.15) is 18.2 Å². The van der Waals surface area contributed by atoms with Crippen LogP contribution in [0, 0.1) is 11.3 Å². The highest BCUT2D eigenvalue weighted by molar-refractivity contribution is 6.30. The fourth-order valence-electron chi connectivity index (χ4n) is 7.08. The average molecular weight is 588 g/mol. The summed E-state index contributed by atoms with van der Waals surface area (Å²) in [6.45, 7) is 3.54. The summed E-state index contributed by atoms with van der Waals surface area (Å²) < 4.78 is 7.87. The monoisotopic (exact) mass is 587 g/mol. The summed E-state index contributed by atoms with van der Waals surface area (Å²) >= 11 is 6.14. The topological polar surface area (TPSA) is 93.3 Å². The molecule has 1 aliphatic carbocycles. The van der Waals surface area contributed by atoms with Crippen molar-refractivity contribution in [2.45, 2.75) is 64.0 Å². The Morgan fingerprint density at radius 1 is 1.07 bits per heavy atom. The largest absolute Gasteiger partial charge is 0.451 e. The quantitative estimate of drug-likeness (QED) is 0.268. The molecule has 1 atom stereocenters. The predicted molar refractivity (Wildman–Crippen MR) is 164 cm³/mol. The van der Waals surface area contributed by atoms with Crippen LogP contribution in [0.15, 0.2) is 76.5 Å². The van der Waals surface area contributed by atoms with Gasteiger partial charge in [-0.15, -0.1) is 0 Å². The van der Waals surface area contributed by atoms with Gasteiger partial charge in [0.25, 0.3) is 5.91 Å². The predicted octanol–water partition coefficient (Wildman–Crippen LogP) is 5.74. The number of nitrogens with one attached hydrogen (secondary N) is 1. The Morgan fingerprint density at radius 2 is 1.83 bits per heavy atom. The normalized spacial score (nSPS) is 18.6. The Bertz CT molecular complexity index is 1540. The van der Waals surface area contributed by atoms with Gasteiger partial charge in [-0.25, -0.2) is 4.98 Å². The molecule has 0 spiro atoms. The molecular weight excluding hydrogens is 550 g/mol.